The van der Waals surface area contributed by atoms with E-state index in [1.165, 1.54) is 11.5 Å². The van der Waals surface area contributed by atoms with Crippen LogP contribution >= 0.6 is 11.8 Å². The fourth-order valence-electron chi connectivity index (χ4n) is 2.23. The van der Waals surface area contributed by atoms with Gasteiger partial charge in [0.15, 0.2) is 0 Å². The number of rotatable bonds is 10. The van der Waals surface area contributed by atoms with Crippen LogP contribution in [0.25, 0.3) is 0 Å². The van der Waals surface area contributed by atoms with Gasteiger partial charge in [0.2, 0.25) is 0 Å². The monoisotopic (exact) mass is 337 g/mol. The maximum absolute atomic E-state index is 9.93. The largest absolute Gasteiger partial charge is 0.389 e. The van der Waals surface area contributed by atoms with E-state index in [2.05, 4.69) is 17.9 Å². The van der Waals surface area contributed by atoms with Gasteiger partial charge in [-0.2, -0.15) is 11.8 Å². The molecule has 2 atom stereocenters. The van der Waals surface area contributed by atoms with E-state index in [1.807, 2.05) is 48.2 Å². The summed E-state index contributed by atoms with van der Waals surface area (Å²) in [4.78, 5) is 2.42. The summed E-state index contributed by atoms with van der Waals surface area (Å²) in [6, 6.07) is 0. The molecule has 130 valence electrons. The first-order chi connectivity index (χ1) is 11.2. The quantitative estimate of drug-likeness (QED) is 0.475. The molecule has 0 radical (unpaired) electrons. The highest BCUT2D eigenvalue weighted by Crippen LogP contribution is 2.10. The molecular formula is C19H31NO2S. The van der Waals surface area contributed by atoms with E-state index in [4.69, 9.17) is 0 Å². The minimum Gasteiger partial charge on any atom is -0.389 e. The van der Waals surface area contributed by atoms with E-state index in [0.717, 1.165) is 32.5 Å². The topological polar surface area (TPSA) is 43.7 Å². The fourth-order valence-corrected chi connectivity index (χ4v) is 3.21. The highest BCUT2D eigenvalue weighted by molar-refractivity contribution is 7.99. The zero-order chi connectivity index (χ0) is 16.8. The van der Waals surface area contributed by atoms with Gasteiger partial charge in [0.05, 0.1) is 12.2 Å². The van der Waals surface area contributed by atoms with Gasteiger partial charge in [-0.3, -0.25) is 0 Å². The summed E-state index contributed by atoms with van der Waals surface area (Å²) in [7, 11) is 0. The van der Waals surface area contributed by atoms with Crippen molar-refractivity contribution in [2.45, 2.75) is 38.4 Å². The molecule has 0 spiro atoms. The Kier molecular flexibility index (Phi) is 12.0. The van der Waals surface area contributed by atoms with E-state index < -0.39 is 6.10 Å². The number of thioether (sulfide) groups is 1. The molecule has 1 fully saturated rings. The number of hydrogen-bond donors (Lipinski definition) is 2. The Labute approximate surface area is 145 Å². The molecule has 0 unspecified atom stereocenters. The highest BCUT2D eigenvalue weighted by Gasteiger charge is 2.10. The van der Waals surface area contributed by atoms with Crippen molar-refractivity contribution in [2.75, 3.05) is 31.1 Å². The predicted octanol–water partition coefficient (Wildman–Crippen LogP) is 3.17. The zero-order valence-electron chi connectivity index (χ0n) is 14.2. The van der Waals surface area contributed by atoms with E-state index in [9.17, 15) is 10.2 Å². The smallest absolute Gasteiger partial charge is 0.0758 e. The normalized spacial score (nSPS) is 20.3. The molecule has 3 nitrogen and oxygen atoms in total. The number of nitrogens with zero attached hydrogens (tertiary/aromatic N) is 1. The molecule has 0 amide bonds. The lowest BCUT2D eigenvalue weighted by molar-refractivity contribution is 0.182. The number of aliphatic hydroxyl groups excluding tert-OH is 2. The number of allylic oxidation sites excluding steroid dienone is 5. The Morgan fingerprint density at radius 2 is 1.61 bits per heavy atom. The molecule has 1 saturated heterocycles. The van der Waals surface area contributed by atoms with Gasteiger partial charge in [-0.1, -0.05) is 55.5 Å². The molecular weight excluding hydrogens is 306 g/mol. The van der Waals surface area contributed by atoms with Crippen LogP contribution in [-0.2, 0) is 0 Å². The third kappa shape index (κ3) is 11.4. The Balaban J connectivity index is 2.14. The Hall–Kier alpha value is -0.810. The van der Waals surface area contributed by atoms with Gasteiger partial charge < -0.3 is 15.1 Å². The van der Waals surface area contributed by atoms with Crippen molar-refractivity contribution in [3.05, 3.63) is 48.6 Å². The molecule has 1 aliphatic heterocycles. The van der Waals surface area contributed by atoms with E-state index in [-0.39, 0.29) is 6.10 Å². The predicted molar refractivity (Wildman–Crippen MR) is 102 cm³/mol. The summed E-state index contributed by atoms with van der Waals surface area (Å²) in [6.07, 6.45) is 16.7. The van der Waals surface area contributed by atoms with Gasteiger partial charge in [-0.15, -0.1) is 0 Å². The molecule has 4 heteroatoms. The average Bonchev–Trinajstić information content (AvgIpc) is 2.57. The fraction of sp³-hybridized carbons (Fsp3) is 0.579. The minimum atomic E-state index is -0.431. The lowest BCUT2D eigenvalue weighted by Crippen LogP contribution is -2.34. The van der Waals surface area contributed by atoms with Crippen LogP contribution in [-0.4, -0.2) is 58.5 Å². The van der Waals surface area contributed by atoms with Gasteiger partial charge in [0.25, 0.3) is 0 Å². The van der Waals surface area contributed by atoms with Crippen molar-refractivity contribution in [1.29, 1.82) is 0 Å². The molecule has 1 rings (SSSR count). The summed E-state index contributed by atoms with van der Waals surface area (Å²) < 4.78 is 0. The van der Waals surface area contributed by atoms with Gasteiger partial charge in [-0.05, 0) is 19.3 Å². The molecule has 0 bridgehead atoms. The number of hydrogen-bond acceptors (Lipinski definition) is 4. The van der Waals surface area contributed by atoms with Crippen molar-refractivity contribution in [2.24, 2.45) is 0 Å². The summed E-state index contributed by atoms with van der Waals surface area (Å²) in [5.41, 5.74) is 0. The first-order valence-electron chi connectivity index (χ1n) is 8.55. The molecule has 2 N–H and O–H groups in total. The SMILES string of the molecule is CC/C=C\C[C@H](O)/C=C/C=C\C=C\[C@@H](O)CCN1CCSCC1. The van der Waals surface area contributed by atoms with Gasteiger partial charge in [0.1, 0.15) is 0 Å². The third-order valence-corrected chi connectivity index (χ3v) is 4.57. The maximum atomic E-state index is 9.93. The van der Waals surface area contributed by atoms with Crippen molar-refractivity contribution >= 4 is 11.8 Å². The van der Waals surface area contributed by atoms with E-state index in [1.54, 1.807) is 6.08 Å². The van der Waals surface area contributed by atoms with Crippen LogP contribution in [0.3, 0.4) is 0 Å². The Bertz CT molecular complexity index is 398. The molecule has 0 aromatic heterocycles. The number of aliphatic hydroxyl groups is 2. The van der Waals surface area contributed by atoms with E-state index in [0.29, 0.717) is 6.42 Å². The molecule has 0 aliphatic carbocycles. The van der Waals surface area contributed by atoms with Crippen LogP contribution < -0.4 is 0 Å². The minimum absolute atomic E-state index is 0.386. The lowest BCUT2D eigenvalue weighted by atomic mass is 10.2. The first kappa shape index (κ1) is 20.2. The molecule has 1 aliphatic rings. The maximum Gasteiger partial charge on any atom is 0.0758 e. The highest BCUT2D eigenvalue weighted by atomic mass is 32.2. The first-order valence-corrected chi connectivity index (χ1v) is 9.70. The van der Waals surface area contributed by atoms with Crippen LogP contribution in [0.4, 0.5) is 0 Å². The van der Waals surface area contributed by atoms with Gasteiger partial charge >= 0.3 is 0 Å². The molecule has 0 aromatic rings. The molecule has 1 heterocycles. The summed E-state index contributed by atoms with van der Waals surface area (Å²) in [5.74, 6) is 2.42. The summed E-state index contributed by atoms with van der Waals surface area (Å²) >= 11 is 2.01. The van der Waals surface area contributed by atoms with Crippen LogP contribution in [0.5, 0.6) is 0 Å². The zero-order valence-corrected chi connectivity index (χ0v) is 15.0. The summed E-state index contributed by atoms with van der Waals surface area (Å²) in [6.45, 7) is 5.32. The van der Waals surface area contributed by atoms with Crippen LogP contribution in [0, 0.1) is 0 Å². The van der Waals surface area contributed by atoms with Crippen LogP contribution in [0.15, 0.2) is 48.6 Å². The molecule has 0 aromatic carbocycles. The van der Waals surface area contributed by atoms with Gasteiger partial charge in [-0.25, -0.2) is 0 Å². The Morgan fingerprint density at radius 3 is 2.26 bits per heavy atom. The molecule has 23 heavy (non-hydrogen) atoms. The van der Waals surface area contributed by atoms with Crippen LogP contribution in [0.1, 0.15) is 26.2 Å². The second kappa shape index (κ2) is 13.6. The van der Waals surface area contributed by atoms with Gasteiger partial charge in [0, 0.05) is 31.1 Å². The molecule has 0 saturated carbocycles. The second-order valence-corrected chi connectivity index (χ2v) is 6.87. The van der Waals surface area contributed by atoms with Crippen molar-refractivity contribution in [3.8, 4) is 0 Å². The Morgan fingerprint density at radius 1 is 0.957 bits per heavy atom. The standard InChI is InChI=1S/C19H31NO2S/c1-2-3-6-9-18(21)10-7-4-5-8-11-19(22)12-13-20-14-16-23-17-15-20/h3-8,10-11,18-19,21-22H,2,9,12-17H2,1H3/b5-4-,6-3-,10-7+,11-8+/t18-,19+/m0/s1. The van der Waals surface area contributed by atoms with Crippen LogP contribution in [0.2, 0.25) is 0 Å². The summed E-state index contributed by atoms with van der Waals surface area (Å²) in [5, 5.41) is 19.6. The lowest BCUT2D eigenvalue weighted by Gasteiger charge is -2.26. The van der Waals surface area contributed by atoms with Crippen molar-refractivity contribution < 1.29 is 10.2 Å². The van der Waals surface area contributed by atoms with Crippen molar-refractivity contribution in [1.82, 2.24) is 4.90 Å². The van der Waals surface area contributed by atoms with Crippen molar-refractivity contribution in [3.63, 3.8) is 0 Å². The third-order valence-electron chi connectivity index (χ3n) is 3.62. The second-order valence-electron chi connectivity index (χ2n) is 5.65. The average molecular weight is 338 g/mol. The van der Waals surface area contributed by atoms with E-state index >= 15 is 0 Å².